The van der Waals surface area contributed by atoms with Crippen LogP contribution < -0.4 is 0 Å². The van der Waals surface area contributed by atoms with E-state index in [0.29, 0.717) is 11.7 Å². The van der Waals surface area contributed by atoms with Gasteiger partial charge in [-0.15, -0.1) is 0 Å². The smallest absolute Gasteiger partial charge is 0.232 e. The van der Waals surface area contributed by atoms with Gasteiger partial charge in [-0.1, -0.05) is 38.3 Å². The number of nitrogens with zero attached hydrogens (tertiary/aromatic N) is 5. The van der Waals surface area contributed by atoms with Crippen LogP contribution >= 0.6 is 15.9 Å². The van der Waals surface area contributed by atoms with E-state index in [-0.39, 0.29) is 6.54 Å². The summed E-state index contributed by atoms with van der Waals surface area (Å²) in [7, 11) is 0. The molecule has 0 aliphatic carbocycles. The zero-order valence-electron chi connectivity index (χ0n) is 8.04. The number of azide groups is 1. The second kappa shape index (κ2) is 4.78. The fourth-order valence-corrected chi connectivity index (χ4v) is 1.56. The van der Waals surface area contributed by atoms with Gasteiger partial charge in [0.05, 0.1) is 0 Å². The number of hydrogen-bond acceptors (Lipinski definition) is 4. The molecule has 0 aliphatic heterocycles. The SMILES string of the molecule is [N-]=[N+]=NCc1nc(-c2cccc(Br)c2)no1. The molecule has 6 nitrogen and oxygen atoms in total. The molecule has 0 amide bonds. The summed E-state index contributed by atoms with van der Waals surface area (Å²) in [6, 6.07) is 7.53. The molecular weight excluding hydrogens is 274 g/mol. The lowest BCUT2D eigenvalue weighted by Crippen LogP contribution is -1.82. The van der Waals surface area contributed by atoms with Crippen LogP contribution in [0, 0.1) is 0 Å². The Morgan fingerprint density at radius 1 is 1.50 bits per heavy atom. The van der Waals surface area contributed by atoms with Crippen molar-refractivity contribution in [2.75, 3.05) is 0 Å². The zero-order valence-corrected chi connectivity index (χ0v) is 9.62. The first-order valence-corrected chi connectivity index (χ1v) is 5.18. The van der Waals surface area contributed by atoms with E-state index < -0.39 is 0 Å². The molecule has 1 aromatic carbocycles. The minimum Gasteiger partial charge on any atom is -0.339 e. The van der Waals surface area contributed by atoms with Crippen LogP contribution in [0.3, 0.4) is 0 Å². The third kappa shape index (κ3) is 2.39. The van der Waals surface area contributed by atoms with Crippen molar-refractivity contribution in [1.29, 1.82) is 0 Å². The Morgan fingerprint density at radius 2 is 2.38 bits per heavy atom. The minimum atomic E-state index is 0.0670. The molecule has 0 saturated carbocycles. The third-order valence-corrected chi connectivity index (χ3v) is 2.31. The molecule has 1 heterocycles. The molecule has 0 atom stereocenters. The first-order valence-electron chi connectivity index (χ1n) is 4.39. The molecule has 80 valence electrons. The van der Waals surface area contributed by atoms with Crippen LogP contribution in [0.1, 0.15) is 5.89 Å². The highest BCUT2D eigenvalue weighted by Gasteiger charge is 2.07. The molecule has 0 aliphatic rings. The van der Waals surface area contributed by atoms with Crippen molar-refractivity contribution in [3.05, 3.63) is 45.1 Å². The van der Waals surface area contributed by atoms with Crippen LogP contribution in [0.5, 0.6) is 0 Å². The van der Waals surface area contributed by atoms with Crippen molar-refractivity contribution < 1.29 is 4.52 Å². The van der Waals surface area contributed by atoms with Gasteiger partial charge in [0.1, 0.15) is 6.54 Å². The maximum absolute atomic E-state index is 8.15. The van der Waals surface area contributed by atoms with Crippen molar-refractivity contribution in [3.8, 4) is 11.4 Å². The number of aromatic nitrogens is 2. The summed E-state index contributed by atoms with van der Waals surface area (Å²) < 4.78 is 5.86. The first-order chi connectivity index (χ1) is 7.79. The van der Waals surface area contributed by atoms with E-state index in [2.05, 4.69) is 36.1 Å². The van der Waals surface area contributed by atoms with Crippen LogP contribution in [0.15, 0.2) is 38.4 Å². The Balaban J connectivity index is 2.27. The van der Waals surface area contributed by atoms with Gasteiger partial charge in [-0.2, -0.15) is 4.98 Å². The molecule has 0 fully saturated rings. The van der Waals surface area contributed by atoms with E-state index in [4.69, 9.17) is 10.1 Å². The number of rotatable bonds is 3. The number of benzene rings is 1. The predicted molar refractivity (Wildman–Crippen MR) is 60.3 cm³/mol. The zero-order chi connectivity index (χ0) is 11.4. The summed E-state index contributed by atoms with van der Waals surface area (Å²) >= 11 is 3.36. The fraction of sp³-hybridized carbons (Fsp3) is 0.111. The molecule has 0 radical (unpaired) electrons. The first kappa shape index (κ1) is 10.7. The van der Waals surface area contributed by atoms with E-state index >= 15 is 0 Å². The topological polar surface area (TPSA) is 87.7 Å². The lowest BCUT2D eigenvalue weighted by molar-refractivity contribution is 0.380. The largest absolute Gasteiger partial charge is 0.339 e. The molecule has 2 aromatic rings. The van der Waals surface area contributed by atoms with Gasteiger partial charge in [0.2, 0.25) is 11.7 Å². The highest BCUT2D eigenvalue weighted by molar-refractivity contribution is 9.10. The predicted octanol–water partition coefficient (Wildman–Crippen LogP) is 3.31. The Labute approximate surface area is 99.0 Å². The molecule has 1 aromatic heterocycles. The van der Waals surface area contributed by atoms with Crippen molar-refractivity contribution in [1.82, 2.24) is 10.1 Å². The quantitative estimate of drug-likeness (QED) is 0.490. The van der Waals surface area contributed by atoms with Gasteiger partial charge in [-0.25, -0.2) is 0 Å². The lowest BCUT2D eigenvalue weighted by Gasteiger charge is -1.93. The van der Waals surface area contributed by atoms with E-state index in [1.165, 1.54) is 0 Å². The second-order valence-electron chi connectivity index (χ2n) is 2.91. The Morgan fingerprint density at radius 3 is 3.12 bits per heavy atom. The summed E-state index contributed by atoms with van der Waals surface area (Å²) in [4.78, 5) is 6.71. The van der Waals surface area contributed by atoms with Gasteiger partial charge < -0.3 is 4.52 Å². The van der Waals surface area contributed by atoms with Gasteiger partial charge in [0.15, 0.2) is 0 Å². The van der Waals surface area contributed by atoms with Gasteiger partial charge in [-0.05, 0) is 17.7 Å². The summed E-state index contributed by atoms with van der Waals surface area (Å²) in [5, 5.41) is 7.13. The highest BCUT2D eigenvalue weighted by atomic mass is 79.9. The summed E-state index contributed by atoms with van der Waals surface area (Å²) in [5.41, 5.74) is 8.99. The molecule has 0 unspecified atom stereocenters. The van der Waals surface area contributed by atoms with E-state index in [9.17, 15) is 0 Å². The summed E-state index contributed by atoms with van der Waals surface area (Å²) in [5.74, 6) is 0.775. The summed E-state index contributed by atoms with van der Waals surface area (Å²) in [6.45, 7) is 0.0670. The van der Waals surface area contributed by atoms with Crippen molar-refractivity contribution in [3.63, 3.8) is 0 Å². The summed E-state index contributed by atoms with van der Waals surface area (Å²) in [6.07, 6.45) is 0. The average molecular weight is 280 g/mol. The van der Waals surface area contributed by atoms with E-state index in [0.717, 1.165) is 10.0 Å². The Bertz CT molecular complexity index is 546. The normalized spacial score (nSPS) is 9.81. The van der Waals surface area contributed by atoms with Crippen molar-refractivity contribution in [2.24, 2.45) is 5.11 Å². The molecular formula is C9H6BrN5O. The number of hydrogen-bond donors (Lipinski definition) is 0. The van der Waals surface area contributed by atoms with Crippen LogP contribution in [0.4, 0.5) is 0 Å². The van der Waals surface area contributed by atoms with Gasteiger partial charge in [0.25, 0.3) is 0 Å². The molecule has 0 bridgehead atoms. The lowest BCUT2D eigenvalue weighted by atomic mass is 10.2. The van der Waals surface area contributed by atoms with Crippen LogP contribution in [0.25, 0.3) is 21.8 Å². The maximum Gasteiger partial charge on any atom is 0.232 e. The monoisotopic (exact) mass is 279 g/mol. The standard InChI is InChI=1S/C9H6BrN5O/c10-7-3-1-2-6(4-7)9-13-8(16-14-9)5-12-15-11/h1-4H,5H2. The van der Waals surface area contributed by atoms with Gasteiger partial charge >= 0.3 is 0 Å². The molecule has 0 N–H and O–H groups in total. The van der Waals surface area contributed by atoms with Crippen molar-refractivity contribution >= 4 is 15.9 Å². The van der Waals surface area contributed by atoms with E-state index in [1.54, 1.807) is 0 Å². The highest BCUT2D eigenvalue weighted by Crippen LogP contribution is 2.20. The molecule has 16 heavy (non-hydrogen) atoms. The van der Waals surface area contributed by atoms with Crippen molar-refractivity contribution in [2.45, 2.75) is 6.54 Å². The van der Waals surface area contributed by atoms with E-state index in [1.807, 2.05) is 24.3 Å². The average Bonchev–Trinajstić information content (AvgIpc) is 2.75. The Kier molecular flexibility index (Phi) is 3.19. The van der Waals surface area contributed by atoms with Gasteiger partial charge in [-0.3, -0.25) is 0 Å². The number of halogens is 1. The Hall–Kier alpha value is -1.85. The van der Waals surface area contributed by atoms with Crippen LogP contribution in [-0.4, -0.2) is 10.1 Å². The van der Waals surface area contributed by atoms with Gasteiger partial charge in [0, 0.05) is 14.9 Å². The second-order valence-corrected chi connectivity index (χ2v) is 3.83. The maximum atomic E-state index is 8.15. The minimum absolute atomic E-state index is 0.0670. The molecule has 0 spiro atoms. The molecule has 7 heteroatoms. The fourth-order valence-electron chi connectivity index (χ4n) is 1.16. The molecule has 2 rings (SSSR count). The van der Waals surface area contributed by atoms with Crippen LogP contribution in [-0.2, 0) is 6.54 Å². The van der Waals surface area contributed by atoms with Crippen LogP contribution in [0.2, 0.25) is 0 Å². The molecule has 0 saturated heterocycles. The third-order valence-electron chi connectivity index (χ3n) is 1.82.